The van der Waals surface area contributed by atoms with Crippen LogP contribution >= 0.6 is 11.6 Å². The summed E-state index contributed by atoms with van der Waals surface area (Å²) in [5, 5.41) is 4.35. The first-order valence-electron chi connectivity index (χ1n) is 8.16. The lowest BCUT2D eigenvalue weighted by atomic mass is 9.93. The number of halogens is 1. The van der Waals surface area contributed by atoms with E-state index in [1.165, 1.54) is 0 Å². The highest BCUT2D eigenvalue weighted by Gasteiger charge is 2.31. The Morgan fingerprint density at radius 1 is 1.39 bits per heavy atom. The first kappa shape index (κ1) is 17.9. The zero-order valence-electron chi connectivity index (χ0n) is 14.6. The number of rotatable bonds is 2. The van der Waals surface area contributed by atoms with Crippen LogP contribution < -0.4 is 5.32 Å². The maximum atomic E-state index is 12.2. The molecule has 0 saturated carbocycles. The monoisotopic (exact) mass is 338 g/mol. The molecule has 0 radical (unpaired) electrons. The summed E-state index contributed by atoms with van der Waals surface area (Å²) in [5.74, 6) is 0.353. The van der Waals surface area contributed by atoms with Crippen molar-refractivity contribution in [1.29, 1.82) is 0 Å². The highest BCUT2D eigenvalue weighted by atomic mass is 35.5. The van der Waals surface area contributed by atoms with E-state index in [2.05, 4.69) is 19.2 Å². The maximum Gasteiger partial charge on any atom is 0.410 e. The van der Waals surface area contributed by atoms with Crippen molar-refractivity contribution in [3.8, 4) is 0 Å². The lowest BCUT2D eigenvalue weighted by molar-refractivity contribution is 0.0165. The van der Waals surface area contributed by atoms with Crippen LogP contribution in [0.2, 0.25) is 5.02 Å². The fraction of sp³-hybridized carbons (Fsp3) is 0.611. The molecule has 1 fully saturated rings. The van der Waals surface area contributed by atoms with Crippen molar-refractivity contribution in [2.24, 2.45) is 5.92 Å². The van der Waals surface area contributed by atoms with Crippen LogP contribution in [0.5, 0.6) is 0 Å². The van der Waals surface area contributed by atoms with Crippen LogP contribution in [-0.2, 0) is 4.74 Å². The fourth-order valence-corrected chi connectivity index (χ4v) is 3.07. The standard InChI is InChI=1S/C18H27ClN2O2/c1-12-10-14(19)6-7-15(12)20-16-8-9-21(11-13(16)2)17(22)23-18(3,4)5/h6-7,10,13,16,20H,8-9,11H2,1-5H3/t13-,16-/m1/s1. The van der Waals surface area contributed by atoms with Gasteiger partial charge in [0.15, 0.2) is 0 Å². The van der Waals surface area contributed by atoms with Crippen molar-refractivity contribution < 1.29 is 9.53 Å². The third kappa shape index (κ3) is 5.03. The summed E-state index contributed by atoms with van der Waals surface area (Å²) < 4.78 is 5.46. The number of carbonyl (C=O) groups is 1. The summed E-state index contributed by atoms with van der Waals surface area (Å²) in [6, 6.07) is 6.22. The number of nitrogens with zero attached hydrogens (tertiary/aromatic N) is 1. The second-order valence-electron chi connectivity index (χ2n) is 7.40. The number of hydrogen-bond acceptors (Lipinski definition) is 3. The molecule has 1 saturated heterocycles. The van der Waals surface area contributed by atoms with Gasteiger partial charge in [0.05, 0.1) is 0 Å². The largest absolute Gasteiger partial charge is 0.444 e. The summed E-state index contributed by atoms with van der Waals surface area (Å²) in [5.41, 5.74) is 1.80. The summed E-state index contributed by atoms with van der Waals surface area (Å²) in [6.07, 6.45) is 0.688. The SMILES string of the molecule is Cc1cc(Cl)ccc1N[C@@H]1CCN(C(=O)OC(C)(C)C)C[C@H]1C. The van der Waals surface area contributed by atoms with Crippen molar-refractivity contribution in [2.45, 2.75) is 52.7 Å². The molecule has 4 nitrogen and oxygen atoms in total. The zero-order chi connectivity index (χ0) is 17.2. The molecule has 0 aliphatic carbocycles. The molecular weight excluding hydrogens is 312 g/mol. The number of nitrogens with one attached hydrogen (secondary N) is 1. The molecule has 1 aliphatic rings. The number of aryl methyl sites for hydroxylation is 1. The van der Waals surface area contributed by atoms with Crippen LogP contribution in [0.15, 0.2) is 18.2 Å². The molecule has 1 amide bonds. The molecule has 0 spiro atoms. The molecule has 1 heterocycles. The highest BCUT2D eigenvalue weighted by Crippen LogP contribution is 2.26. The number of piperidine rings is 1. The van der Waals surface area contributed by atoms with E-state index in [1.54, 1.807) is 0 Å². The summed E-state index contributed by atoms with van der Waals surface area (Å²) in [4.78, 5) is 14.0. The quantitative estimate of drug-likeness (QED) is 0.849. The number of anilines is 1. The van der Waals surface area contributed by atoms with Crippen LogP contribution in [0.25, 0.3) is 0 Å². The topological polar surface area (TPSA) is 41.6 Å². The molecule has 0 bridgehead atoms. The Morgan fingerprint density at radius 3 is 2.65 bits per heavy atom. The molecule has 0 aromatic heterocycles. The summed E-state index contributed by atoms with van der Waals surface area (Å²) in [7, 11) is 0. The van der Waals surface area contributed by atoms with Gasteiger partial charge in [-0.1, -0.05) is 18.5 Å². The first-order chi connectivity index (χ1) is 10.7. The number of likely N-dealkylation sites (tertiary alicyclic amines) is 1. The second kappa shape index (κ2) is 7.00. The molecule has 2 rings (SSSR count). The van der Waals surface area contributed by atoms with Crippen molar-refractivity contribution in [2.75, 3.05) is 18.4 Å². The Morgan fingerprint density at radius 2 is 2.09 bits per heavy atom. The van der Waals surface area contributed by atoms with E-state index >= 15 is 0 Å². The van der Waals surface area contributed by atoms with E-state index in [0.717, 1.165) is 22.7 Å². The van der Waals surface area contributed by atoms with E-state index in [-0.39, 0.29) is 6.09 Å². The average molecular weight is 339 g/mol. The van der Waals surface area contributed by atoms with E-state index in [1.807, 2.05) is 43.9 Å². The van der Waals surface area contributed by atoms with E-state index in [4.69, 9.17) is 16.3 Å². The van der Waals surface area contributed by atoms with Gasteiger partial charge in [-0.05, 0) is 63.8 Å². The van der Waals surface area contributed by atoms with E-state index < -0.39 is 5.60 Å². The van der Waals surface area contributed by atoms with E-state index in [0.29, 0.717) is 25.0 Å². The van der Waals surface area contributed by atoms with E-state index in [9.17, 15) is 4.79 Å². The second-order valence-corrected chi connectivity index (χ2v) is 7.84. The Bertz CT molecular complexity index is 569. The van der Waals surface area contributed by atoms with Crippen LogP contribution in [0.4, 0.5) is 10.5 Å². The Hall–Kier alpha value is -1.42. The molecule has 0 unspecified atom stereocenters. The molecule has 128 valence electrons. The van der Waals surface area contributed by atoms with Gasteiger partial charge in [0, 0.05) is 29.8 Å². The van der Waals surface area contributed by atoms with Gasteiger partial charge in [0.1, 0.15) is 5.60 Å². The molecular formula is C18H27ClN2O2. The minimum atomic E-state index is -0.449. The zero-order valence-corrected chi connectivity index (χ0v) is 15.4. The van der Waals surface area contributed by atoms with Crippen LogP contribution in [0.1, 0.15) is 39.7 Å². The van der Waals surface area contributed by atoms with Crippen molar-refractivity contribution in [1.82, 2.24) is 4.90 Å². The highest BCUT2D eigenvalue weighted by molar-refractivity contribution is 6.30. The molecule has 1 aliphatic heterocycles. The van der Waals surface area contributed by atoms with Gasteiger partial charge in [-0.2, -0.15) is 0 Å². The van der Waals surface area contributed by atoms with Crippen molar-refractivity contribution in [3.05, 3.63) is 28.8 Å². The Balaban J connectivity index is 1.95. The van der Waals surface area contributed by atoms with Gasteiger partial charge < -0.3 is 15.0 Å². The minimum Gasteiger partial charge on any atom is -0.444 e. The Labute approximate surface area is 144 Å². The van der Waals surface area contributed by atoms with Gasteiger partial charge in [0.25, 0.3) is 0 Å². The molecule has 1 N–H and O–H groups in total. The number of carbonyl (C=O) groups excluding carboxylic acids is 1. The number of benzene rings is 1. The Kier molecular flexibility index (Phi) is 5.45. The van der Waals surface area contributed by atoms with Crippen LogP contribution in [-0.4, -0.2) is 35.7 Å². The molecule has 5 heteroatoms. The van der Waals surface area contributed by atoms with Gasteiger partial charge in [-0.15, -0.1) is 0 Å². The normalized spacial score (nSPS) is 21.9. The first-order valence-corrected chi connectivity index (χ1v) is 8.54. The number of amides is 1. The minimum absolute atomic E-state index is 0.217. The predicted molar refractivity (Wildman–Crippen MR) is 95.2 cm³/mol. The van der Waals surface area contributed by atoms with Crippen LogP contribution in [0, 0.1) is 12.8 Å². The van der Waals surface area contributed by atoms with Gasteiger partial charge in [0.2, 0.25) is 0 Å². The maximum absolute atomic E-state index is 12.2. The van der Waals surface area contributed by atoms with Gasteiger partial charge >= 0.3 is 6.09 Å². The molecule has 23 heavy (non-hydrogen) atoms. The smallest absolute Gasteiger partial charge is 0.410 e. The molecule has 2 atom stereocenters. The lowest BCUT2D eigenvalue weighted by Crippen LogP contribution is -2.49. The van der Waals surface area contributed by atoms with Crippen LogP contribution in [0.3, 0.4) is 0 Å². The number of hydrogen-bond donors (Lipinski definition) is 1. The summed E-state index contributed by atoms with van der Waals surface area (Å²) >= 11 is 6.01. The summed E-state index contributed by atoms with van der Waals surface area (Å²) in [6.45, 7) is 11.3. The fourth-order valence-electron chi connectivity index (χ4n) is 2.84. The van der Waals surface area contributed by atoms with Crippen molar-refractivity contribution in [3.63, 3.8) is 0 Å². The molecule has 1 aromatic carbocycles. The predicted octanol–water partition coefficient (Wildman–Crippen LogP) is 4.71. The lowest BCUT2D eigenvalue weighted by Gasteiger charge is -2.38. The third-order valence-electron chi connectivity index (χ3n) is 4.09. The average Bonchev–Trinajstić information content (AvgIpc) is 2.41. The van der Waals surface area contributed by atoms with Gasteiger partial charge in [-0.3, -0.25) is 0 Å². The van der Waals surface area contributed by atoms with Gasteiger partial charge in [-0.25, -0.2) is 4.79 Å². The van der Waals surface area contributed by atoms with Crippen molar-refractivity contribution >= 4 is 23.4 Å². The third-order valence-corrected chi connectivity index (χ3v) is 4.32. The molecule has 1 aromatic rings. The number of ether oxygens (including phenoxy) is 1.